The highest BCUT2D eigenvalue weighted by atomic mass is 79.9. The topological polar surface area (TPSA) is 38.3 Å². The Morgan fingerprint density at radius 3 is 2.75 bits per heavy atom. The van der Waals surface area contributed by atoms with Crippen molar-refractivity contribution in [2.45, 2.75) is 25.1 Å². The summed E-state index contributed by atoms with van der Waals surface area (Å²) in [5.74, 6) is -1.90. The van der Waals surface area contributed by atoms with Crippen LogP contribution in [0.2, 0.25) is 0 Å². The molecule has 1 rings (SSSR count). The van der Waals surface area contributed by atoms with Gasteiger partial charge in [0.25, 0.3) is 5.78 Å². The fourth-order valence-corrected chi connectivity index (χ4v) is 1.67. The number of rotatable bonds is 4. The van der Waals surface area contributed by atoms with Gasteiger partial charge in [-0.3, -0.25) is 4.79 Å². The third-order valence-corrected chi connectivity index (χ3v) is 2.66. The molecule has 7 heteroatoms. The van der Waals surface area contributed by atoms with Crippen molar-refractivity contribution in [3.63, 3.8) is 0 Å². The summed E-state index contributed by atoms with van der Waals surface area (Å²) in [6, 6.07) is 0. The fourth-order valence-electron chi connectivity index (χ4n) is 1.29. The zero-order valence-corrected chi connectivity index (χ0v) is 9.90. The van der Waals surface area contributed by atoms with Gasteiger partial charge < -0.3 is 10.1 Å². The maximum atomic E-state index is 12.0. The summed E-state index contributed by atoms with van der Waals surface area (Å²) in [5, 5.41) is 2.63. The molecule has 1 N–H and O–H groups in total. The zero-order chi connectivity index (χ0) is 12.2. The van der Waals surface area contributed by atoms with Crippen molar-refractivity contribution in [3.8, 4) is 0 Å². The molecule has 0 aromatic carbocycles. The van der Waals surface area contributed by atoms with Crippen molar-refractivity contribution in [1.82, 2.24) is 5.32 Å². The first-order valence-corrected chi connectivity index (χ1v) is 5.52. The van der Waals surface area contributed by atoms with E-state index in [0.717, 1.165) is 19.0 Å². The molecule has 1 atom stereocenters. The Morgan fingerprint density at radius 2 is 2.25 bits per heavy atom. The molecule has 3 nitrogen and oxygen atoms in total. The first-order chi connectivity index (χ1) is 7.41. The summed E-state index contributed by atoms with van der Waals surface area (Å²) in [4.78, 5) is 10.7. The molecule has 1 aliphatic rings. The van der Waals surface area contributed by atoms with E-state index in [1.54, 1.807) is 0 Å². The van der Waals surface area contributed by atoms with Crippen molar-refractivity contribution < 1.29 is 22.7 Å². The number of nitrogens with one attached hydrogen (secondary N) is 1. The minimum Gasteiger partial charge on any atom is -0.387 e. The molecule has 0 unspecified atom stereocenters. The number of ketones is 1. The van der Waals surface area contributed by atoms with Crippen LogP contribution in [0.15, 0.2) is 10.7 Å². The van der Waals surface area contributed by atoms with Crippen LogP contribution in [0.3, 0.4) is 0 Å². The molecule has 0 saturated carbocycles. The Balaban J connectivity index is 2.35. The van der Waals surface area contributed by atoms with Gasteiger partial charge in [-0.05, 0) is 28.8 Å². The van der Waals surface area contributed by atoms with Crippen molar-refractivity contribution >= 4 is 21.7 Å². The van der Waals surface area contributed by atoms with E-state index < -0.39 is 16.4 Å². The van der Waals surface area contributed by atoms with Gasteiger partial charge in [-0.2, -0.15) is 13.2 Å². The summed E-state index contributed by atoms with van der Waals surface area (Å²) in [5.41, 5.74) is 0. The molecule has 0 spiro atoms. The Labute approximate surface area is 99.2 Å². The average Bonchev–Trinajstić information content (AvgIpc) is 2.67. The molecule has 0 aromatic rings. The number of allylic oxidation sites excluding steroid dienone is 1. The van der Waals surface area contributed by atoms with E-state index in [0.29, 0.717) is 13.2 Å². The van der Waals surface area contributed by atoms with Crippen molar-refractivity contribution in [2.75, 3.05) is 13.2 Å². The first-order valence-electron chi connectivity index (χ1n) is 4.73. The largest absolute Gasteiger partial charge is 0.455 e. The molecular weight excluding hydrogens is 291 g/mol. The normalized spacial score (nSPS) is 22.2. The number of carbonyl (C=O) groups is 1. The van der Waals surface area contributed by atoms with Crippen LogP contribution in [-0.4, -0.2) is 31.2 Å². The maximum Gasteiger partial charge on any atom is 0.455 e. The van der Waals surface area contributed by atoms with E-state index in [9.17, 15) is 18.0 Å². The van der Waals surface area contributed by atoms with Crippen LogP contribution in [0.25, 0.3) is 0 Å². The van der Waals surface area contributed by atoms with Crippen molar-refractivity contribution in [1.29, 1.82) is 0 Å². The number of hydrogen-bond donors (Lipinski definition) is 1. The molecule has 16 heavy (non-hydrogen) atoms. The molecule has 1 saturated heterocycles. The third kappa shape index (κ3) is 4.13. The summed E-state index contributed by atoms with van der Waals surface area (Å²) >= 11 is 2.58. The number of ether oxygens (including phenoxy) is 1. The fraction of sp³-hybridized carbons (Fsp3) is 0.667. The van der Waals surface area contributed by atoms with Gasteiger partial charge in [-0.1, -0.05) is 0 Å². The number of carbonyl (C=O) groups excluding carboxylic acids is 1. The zero-order valence-electron chi connectivity index (χ0n) is 8.31. The lowest BCUT2D eigenvalue weighted by Crippen LogP contribution is -2.26. The Bertz CT molecular complexity index is 285. The van der Waals surface area contributed by atoms with Crippen molar-refractivity contribution in [2.24, 2.45) is 0 Å². The van der Waals surface area contributed by atoms with Gasteiger partial charge in [0.1, 0.15) is 0 Å². The van der Waals surface area contributed by atoms with E-state index >= 15 is 0 Å². The lowest BCUT2D eigenvalue weighted by atomic mass is 10.2. The maximum absolute atomic E-state index is 12.0. The molecule has 1 fully saturated rings. The smallest absolute Gasteiger partial charge is 0.387 e. The van der Waals surface area contributed by atoms with E-state index in [-0.39, 0.29) is 6.10 Å². The second-order valence-corrected chi connectivity index (χ2v) is 4.22. The van der Waals surface area contributed by atoms with E-state index in [1.807, 2.05) is 0 Å². The van der Waals surface area contributed by atoms with Crippen LogP contribution in [0.4, 0.5) is 13.2 Å². The van der Waals surface area contributed by atoms with E-state index in [2.05, 4.69) is 21.2 Å². The molecule has 0 aliphatic carbocycles. The second-order valence-electron chi connectivity index (χ2n) is 3.36. The minimum absolute atomic E-state index is 0.0116. The number of halogens is 4. The van der Waals surface area contributed by atoms with Crippen LogP contribution >= 0.6 is 15.9 Å². The summed E-state index contributed by atoms with van der Waals surface area (Å²) in [6.45, 7) is 1.08. The van der Waals surface area contributed by atoms with Crippen LogP contribution in [0.1, 0.15) is 12.8 Å². The van der Waals surface area contributed by atoms with Crippen LogP contribution in [0, 0.1) is 0 Å². The summed E-state index contributed by atoms with van der Waals surface area (Å²) < 4.78 is 40.6. The van der Waals surface area contributed by atoms with Gasteiger partial charge in [0, 0.05) is 19.4 Å². The minimum atomic E-state index is -4.85. The van der Waals surface area contributed by atoms with Gasteiger partial charge in [0.2, 0.25) is 0 Å². The van der Waals surface area contributed by atoms with Crippen LogP contribution in [0.5, 0.6) is 0 Å². The lowest BCUT2D eigenvalue weighted by Gasteiger charge is -2.09. The Hall–Kier alpha value is -0.560. The predicted octanol–water partition coefficient (Wildman–Crippen LogP) is 2.12. The molecular formula is C9H11BrF3NO2. The van der Waals surface area contributed by atoms with Crippen LogP contribution < -0.4 is 5.32 Å². The molecule has 0 aromatic heterocycles. The van der Waals surface area contributed by atoms with Gasteiger partial charge in [-0.25, -0.2) is 0 Å². The molecule has 0 bridgehead atoms. The predicted molar refractivity (Wildman–Crippen MR) is 55.0 cm³/mol. The SMILES string of the molecule is O=C(/C(Br)=C/NC[C@@H]1CCCO1)C(F)(F)F. The number of alkyl halides is 3. The molecule has 0 radical (unpaired) electrons. The van der Waals surface area contributed by atoms with Crippen molar-refractivity contribution in [3.05, 3.63) is 10.7 Å². The number of hydrogen-bond acceptors (Lipinski definition) is 3. The van der Waals surface area contributed by atoms with E-state index in [4.69, 9.17) is 4.74 Å². The molecule has 1 heterocycles. The molecule has 1 aliphatic heterocycles. The van der Waals surface area contributed by atoms with Gasteiger partial charge in [0.05, 0.1) is 10.6 Å². The lowest BCUT2D eigenvalue weighted by molar-refractivity contribution is -0.165. The highest BCUT2D eigenvalue weighted by Gasteiger charge is 2.39. The Morgan fingerprint density at radius 1 is 1.56 bits per heavy atom. The summed E-state index contributed by atoms with van der Waals surface area (Å²) in [7, 11) is 0. The third-order valence-electron chi connectivity index (χ3n) is 2.07. The second kappa shape index (κ2) is 5.67. The average molecular weight is 302 g/mol. The van der Waals surface area contributed by atoms with Crippen LogP contribution in [-0.2, 0) is 9.53 Å². The highest BCUT2D eigenvalue weighted by Crippen LogP contribution is 2.23. The Kier molecular flexibility index (Phi) is 4.79. The quantitative estimate of drug-likeness (QED) is 0.809. The molecule has 0 amide bonds. The van der Waals surface area contributed by atoms with E-state index in [1.165, 1.54) is 0 Å². The monoisotopic (exact) mass is 301 g/mol. The highest BCUT2D eigenvalue weighted by molar-refractivity contribution is 9.12. The first kappa shape index (κ1) is 13.5. The van der Waals surface area contributed by atoms with Gasteiger partial charge in [-0.15, -0.1) is 0 Å². The standard InChI is InChI=1S/C9H11BrF3NO2/c10-7(8(15)9(11,12)13)5-14-4-6-2-1-3-16-6/h5-6,14H,1-4H2/b7-5-/t6-/m0/s1. The number of Topliss-reactive ketones (excluding diaryl/α,β-unsaturated/α-hetero) is 1. The molecule has 92 valence electrons. The summed E-state index contributed by atoms with van der Waals surface area (Å²) in [6.07, 6.45) is -1.99. The van der Waals surface area contributed by atoms with Gasteiger partial charge >= 0.3 is 6.18 Å². The van der Waals surface area contributed by atoms with Gasteiger partial charge in [0.15, 0.2) is 0 Å².